The standard InChI is InChI=1S/C13H15FN2OS/c1-8(15)6-12-16-10(7-18-12)13-9(14)4-3-5-11(13)17-2/h3-5,7-8H,6,15H2,1-2H3. The zero-order valence-electron chi connectivity index (χ0n) is 10.3. The number of nitrogens with two attached hydrogens (primary N) is 1. The molecule has 2 rings (SSSR count). The average molecular weight is 266 g/mol. The van der Waals surface area contributed by atoms with Gasteiger partial charge in [-0.3, -0.25) is 0 Å². The first kappa shape index (κ1) is 13.0. The number of halogens is 1. The fraction of sp³-hybridized carbons (Fsp3) is 0.308. The van der Waals surface area contributed by atoms with Crippen molar-refractivity contribution >= 4 is 11.3 Å². The van der Waals surface area contributed by atoms with Gasteiger partial charge in [0.2, 0.25) is 0 Å². The highest BCUT2D eigenvalue weighted by Gasteiger charge is 2.15. The van der Waals surface area contributed by atoms with Crippen LogP contribution >= 0.6 is 11.3 Å². The third kappa shape index (κ3) is 2.68. The number of nitrogens with zero attached hydrogens (tertiary/aromatic N) is 1. The summed E-state index contributed by atoms with van der Waals surface area (Å²) in [4.78, 5) is 4.41. The van der Waals surface area contributed by atoms with Gasteiger partial charge in [-0.05, 0) is 19.1 Å². The fourth-order valence-corrected chi connectivity index (χ4v) is 2.65. The van der Waals surface area contributed by atoms with Gasteiger partial charge in [-0.25, -0.2) is 9.37 Å². The highest BCUT2D eigenvalue weighted by atomic mass is 32.1. The van der Waals surface area contributed by atoms with Crippen molar-refractivity contribution in [2.75, 3.05) is 7.11 Å². The second-order valence-electron chi connectivity index (χ2n) is 4.12. The predicted molar refractivity (Wildman–Crippen MR) is 71.4 cm³/mol. The molecule has 3 nitrogen and oxygen atoms in total. The number of thiazole rings is 1. The number of hydrogen-bond acceptors (Lipinski definition) is 4. The summed E-state index contributed by atoms with van der Waals surface area (Å²) < 4.78 is 19.0. The van der Waals surface area contributed by atoms with E-state index in [9.17, 15) is 4.39 Å². The Hall–Kier alpha value is -1.46. The van der Waals surface area contributed by atoms with Crippen LogP contribution in [0, 0.1) is 5.82 Å². The van der Waals surface area contributed by atoms with Crippen LogP contribution in [0.1, 0.15) is 11.9 Å². The molecule has 18 heavy (non-hydrogen) atoms. The van der Waals surface area contributed by atoms with E-state index in [2.05, 4.69) is 4.98 Å². The number of rotatable bonds is 4. The van der Waals surface area contributed by atoms with E-state index in [4.69, 9.17) is 10.5 Å². The number of benzene rings is 1. The third-order valence-corrected chi connectivity index (χ3v) is 3.37. The maximum absolute atomic E-state index is 13.9. The lowest BCUT2D eigenvalue weighted by atomic mass is 10.1. The van der Waals surface area contributed by atoms with E-state index in [0.29, 0.717) is 23.4 Å². The van der Waals surface area contributed by atoms with Gasteiger partial charge in [0.15, 0.2) is 0 Å². The molecule has 0 saturated heterocycles. The minimum Gasteiger partial charge on any atom is -0.496 e. The van der Waals surface area contributed by atoms with E-state index >= 15 is 0 Å². The number of hydrogen-bond donors (Lipinski definition) is 1. The van der Waals surface area contributed by atoms with Crippen molar-refractivity contribution < 1.29 is 9.13 Å². The highest BCUT2D eigenvalue weighted by Crippen LogP contribution is 2.33. The summed E-state index contributed by atoms with van der Waals surface area (Å²) in [6.45, 7) is 1.92. The smallest absolute Gasteiger partial charge is 0.136 e. The van der Waals surface area contributed by atoms with Crippen LogP contribution in [0.15, 0.2) is 23.6 Å². The molecule has 0 bridgehead atoms. The second-order valence-corrected chi connectivity index (χ2v) is 5.07. The summed E-state index contributed by atoms with van der Waals surface area (Å²) in [6.07, 6.45) is 0.696. The molecule has 2 N–H and O–H groups in total. The van der Waals surface area contributed by atoms with E-state index in [1.807, 2.05) is 12.3 Å². The monoisotopic (exact) mass is 266 g/mol. The van der Waals surface area contributed by atoms with E-state index in [1.165, 1.54) is 24.5 Å². The van der Waals surface area contributed by atoms with Crippen molar-refractivity contribution in [1.82, 2.24) is 4.98 Å². The Morgan fingerprint density at radius 3 is 2.94 bits per heavy atom. The highest BCUT2D eigenvalue weighted by molar-refractivity contribution is 7.09. The molecule has 1 unspecified atom stereocenters. The van der Waals surface area contributed by atoms with E-state index in [-0.39, 0.29) is 11.9 Å². The Morgan fingerprint density at radius 2 is 2.28 bits per heavy atom. The molecule has 0 saturated carbocycles. The Morgan fingerprint density at radius 1 is 1.50 bits per heavy atom. The Kier molecular flexibility index (Phi) is 3.93. The molecule has 1 aromatic carbocycles. The van der Waals surface area contributed by atoms with E-state index < -0.39 is 0 Å². The molecule has 1 heterocycles. The van der Waals surface area contributed by atoms with Gasteiger partial charge in [-0.1, -0.05) is 6.07 Å². The summed E-state index contributed by atoms with van der Waals surface area (Å²) in [6, 6.07) is 4.80. The molecule has 96 valence electrons. The molecule has 0 spiro atoms. The van der Waals surface area contributed by atoms with Gasteiger partial charge in [0.05, 0.1) is 23.4 Å². The molecule has 0 aliphatic heterocycles. The molecule has 0 amide bonds. The quantitative estimate of drug-likeness (QED) is 0.925. The van der Waals surface area contributed by atoms with E-state index in [0.717, 1.165) is 5.01 Å². The lowest BCUT2D eigenvalue weighted by Gasteiger charge is -2.06. The average Bonchev–Trinajstić information content (AvgIpc) is 2.75. The SMILES string of the molecule is COc1cccc(F)c1-c1csc(CC(C)N)n1. The van der Waals surface area contributed by atoms with Crippen LogP contribution in [0.2, 0.25) is 0 Å². The van der Waals surface area contributed by atoms with E-state index in [1.54, 1.807) is 12.1 Å². The van der Waals surface area contributed by atoms with Crippen molar-refractivity contribution in [3.63, 3.8) is 0 Å². The van der Waals surface area contributed by atoms with Crippen LogP contribution in [-0.2, 0) is 6.42 Å². The molecule has 2 aromatic rings. The maximum Gasteiger partial charge on any atom is 0.136 e. The van der Waals surface area contributed by atoms with Crippen molar-refractivity contribution in [3.8, 4) is 17.0 Å². The minimum absolute atomic E-state index is 0.0477. The number of aromatic nitrogens is 1. The fourth-order valence-electron chi connectivity index (χ4n) is 1.72. The summed E-state index contributed by atoms with van der Waals surface area (Å²) >= 11 is 1.49. The van der Waals surface area contributed by atoms with Crippen LogP contribution in [0.25, 0.3) is 11.3 Å². The Balaban J connectivity index is 2.39. The van der Waals surface area contributed by atoms with Gasteiger partial charge in [-0.15, -0.1) is 11.3 Å². The Labute approximate surface area is 109 Å². The number of methoxy groups -OCH3 is 1. The number of ether oxygens (including phenoxy) is 1. The molecule has 1 atom stereocenters. The van der Waals surface area contributed by atoms with Crippen molar-refractivity contribution in [2.45, 2.75) is 19.4 Å². The van der Waals surface area contributed by atoms with Gasteiger partial charge in [0, 0.05) is 17.8 Å². The van der Waals surface area contributed by atoms with Crippen LogP contribution < -0.4 is 10.5 Å². The molecule has 5 heteroatoms. The topological polar surface area (TPSA) is 48.1 Å². The third-order valence-electron chi connectivity index (χ3n) is 2.50. The first-order chi connectivity index (χ1) is 8.61. The van der Waals surface area contributed by atoms with Crippen LogP contribution in [0.4, 0.5) is 4.39 Å². The molecule has 0 aliphatic rings. The second kappa shape index (κ2) is 5.46. The lowest BCUT2D eigenvalue weighted by Crippen LogP contribution is -2.17. The summed E-state index contributed by atoms with van der Waals surface area (Å²) in [5.74, 6) is 0.166. The normalized spacial score (nSPS) is 12.4. The van der Waals surface area contributed by atoms with Gasteiger partial charge >= 0.3 is 0 Å². The van der Waals surface area contributed by atoms with Crippen molar-refractivity contribution in [3.05, 3.63) is 34.4 Å². The van der Waals surface area contributed by atoms with Crippen LogP contribution in [0.3, 0.4) is 0 Å². The largest absolute Gasteiger partial charge is 0.496 e. The summed E-state index contributed by atoms with van der Waals surface area (Å²) in [7, 11) is 1.52. The predicted octanol–water partition coefficient (Wildman–Crippen LogP) is 2.85. The molecule has 0 aliphatic carbocycles. The first-order valence-corrected chi connectivity index (χ1v) is 6.52. The van der Waals surface area contributed by atoms with Gasteiger partial charge in [0.1, 0.15) is 11.6 Å². The maximum atomic E-state index is 13.9. The van der Waals surface area contributed by atoms with Crippen molar-refractivity contribution in [1.29, 1.82) is 0 Å². The van der Waals surface area contributed by atoms with Gasteiger partial charge < -0.3 is 10.5 Å². The zero-order valence-corrected chi connectivity index (χ0v) is 11.1. The van der Waals surface area contributed by atoms with Gasteiger partial charge in [0.25, 0.3) is 0 Å². The molecule has 0 fully saturated rings. The zero-order chi connectivity index (χ0) is 13.1. The molecule has 1 aromatic heterocycles. The Bertz CT molecular complexity index is 540. The molecular formula is C13H15FN2OS. The molecule has 0 radical (unpaired) electrons. The lowest BCUT2D eigenvalue weighted by molar-refractivity contribution is 0.413. The molecular weight excluding hydrogens is 251 g/mol. The van der Waals surface area contributed by atoms with Crippen LogP contribution in [0.5, 0.6) is 5.75 Å². The summed E-state index contributed by atoms with van der Waals surface area (Å²) in [5.41, 5.74) is 6.74. The minimum atomic E-state index is -0.327. The van der Waals surface area contributed by atoms with Gasteiger partial charge in [-0.2, -0.15) is 0 Å². The van der Waals surface area contributed by atoms with Crippen molar-refractivity contribution in [2.24, 2.45) is 5.73 Å². The first-order valence-electron chi connectivity index (χ1n) is 5.64. The van der Waals surface area contributed by atoms with Crippen LogP contribution in [-0.4, -0.2) is 18.1 Å². The summed E-state index contributed by atoms with van der Waals surface area (Å²) in [5, 5.41) is 2.74.